The summed E-state index contributed by atoms with van der Waals surface area (Å²) in [5.74, 6) is 0.738. The summed E-state index contributed by atoms with van der Waals surface area (Å²) >= 11 is 6.14. The van der Waals surface area contributed by atoms with E-state index in [0.717, 1.165) is 12.1 Å². The van der Waals surface area contributed by atoms with E-state index in [1.54, 1.807) is 6.07 Å². The Morgan fingerprint density at radius 1 is 1.40 bits per heavy atom. The zero-order valence-corrected chi connectivity index (χ0v) is 12.0. The number of halogens is 2. The molecule has 2 atom stereocenters. The van der Waals surface area contributed by atoms with E-state index in [0.29, 0.717) is 28.0 Å². The molecule has 0 spiro atoms. The van der Waals surface area contributed by atoms with Crippen molar-refractivity contribution >= 4 is 17.5 Å². The minimum absolute atomic E-state index is 0.243. The molecule has 1 aromatic heterocycles. The molecule has 0 saturated heterocycles. The lowest BCUT2D eigenvalue weighted by Gasteiger charge is -2.14. The fourth-order valence-corrected chi connectivity index (χ4v) is 3.35. The number of nitrogens with two attached hydrogens (primary N) is 1. The van der Waals surface area contributed by atoms with Crippen LogP contribution in [0, 0.1) is 11.7 Å². The van der Waals surface area contributed by atoms with Crippen LogP contribution in [0.4, 0.5) is 10.3 Å². The van der Waals surface area contributed by atoms with Crippen molar-refractivity contribution in [2.75, 3.05) is 5.73 Å². The third-order valence-corrected chi connectivity index (χ3v) is 4.47. The van der Waals surface area contributed by atoms with Gasteiger partial charge in [-0.2, -0.15) is 0 Å². The van der Waals surface area contributed by atoms with Gasteiger partial charge in [-0.15, -0.1) is 0 Å². The van der Waals surface area contributed by atoms with Crippen LogP contribution in [0.2, 0.25) is 5.02 Å². The molecule has 2 N–H and O–H groups in total. The fraction of sp³-hybridized carbons (Fsp3) is 0.400. The summed E-state index contributed by atoms with van der Waals surface area (Å²) in [6.07, 6.45) is 3.42. The minimum atomic E-state index is -0.371. The van der Waals surface area contributed by atoms with E-state index >= 15 is 0 Å². The predicted molar refractivity (Wildman–Crippen MR) is 77.1 cm³/mol. The monoisotopic (exact) mass is 294 g/mol. The second-order valence-corrected chi connectivity index (χ2v) is 5.85. The molecule has 3 rings (SSSR count). The maximum Gasteiger partial charge on any atom is 0.230 e. The number of aromatic nitrogens is 1. The Bertz CT molecular complexity index is 641. The third kappa shape index (κ3) is 2.18. The van der Waals surface area contributed by atoms with Gasteiger partial charge in [0.15, 0.2) is 0 Å². The second-order valence-electron chi connectivity index (χ2n) is 5.45. The average molecular weight is 295 g/mol. The van der Waals surface area contributed by atoms with Gasteiger partial charge >= 0.3 is 0 Å². The molecule has 0 aliphatic heterocycles. The molecular weight excluding hydrogens is 279 g/mol. The van der Waals surface area contributed by atoms with Gasteiger partial charge in [-0.1, -0.05) is 36.5 Å². The highest BCUT2D eigenvalue weighted by atomic mass is 35.5. The first kappa shape index (κ1) is 13.4. The number of hydrogen-bond acceptors (Lipinski definition) is 3. The van der Waals surface area contributed by atoms with E-state index < -0.39 is 0 Å². The van der Waals surface area contributed by atoms with Crippen molar-refractivity contribution in [3.05, 3.63) is 34.7 Å². The van der Waals surface area contributed by atoms with Crippen molar-refractivity contribution in [2.24, 2.45) is 5.92 Å². The highest BCUT2D eigenvalue weighted by Crippen LogP contribution is 2.45. The van der Waals surface area contributed by atoms with Crippen molar-refractivity contribution in [3.8, 4) is 11.1 Å². The highest BCUT2D eigenvalue weighted by Gasteiger charge is 2.32. The molecule has 2 unspecified atom stereocenters. The Hall–Kier alpha value is -1.55. The lowest BCUT2D eigenvalue weighted by atomic mass is 9.90. The topological polar surface area (TPSA) is 52.0 Å². The van der Waals surface area contributed by atoms with E-state index in [4.69, 9.17) is 21.9 Å². The van der Waals surface area contributed by atoms with E-state index in [2.05, 4.69) is 12.1 Å². The smallest absolute Gasteiger partial charge is 0.230 e. The van der Waals surface area contributed by atoms with E-state index in [9.17, 15) is 4.39 Å². The molecule has 20 heavy (non-hydrogen) atoms. The largest absolute Gasteiger partial charge is 0.367 e. The first-order valence-electron chi connectivity index (χ1n) is 6.78. The van der Waals surface area contributed by atoms with Crippen LogP contribution in [-0.4, -0.2) is 5.16 Å². The summed E-state index contributed by atoms with van der Waals surface area (Å²) in [5.41, 5.74) is 8.16. The van der Waals surface area contributed by atoms with Crippen LogP contribution in [-0.2, 0) is 0 Å². The quantitative estimate of drug-likeness (QED) is 0.879. The summed E-state index contributed by atoms with van der Waals surface area (Å²) < 4.78 is 18.4. The summed E-state index contributed by atoms with van der Waals surface area (Å²) in [5, 5.41) is 4.46. The van der Waals surface area contributed by atoms with Crippen molar-refractivity contribution in [1.82, 2.24) is 5.16 Å². The fourth-order valence-electron chi connectivity index (χ4n) is 3.08. The molecule has 3 nitrogen and oxygen atoms in total. The SMILES string of the molecule is CC1CCCC1c1noc(N)c1-c1ccc(F)cc1Cl. The van der Waals surface area contributed by atoms with Gasteiger partial charge in [-0.3, -0.25) is 0 Å². The van der Waals surface area contributed by atoms with Gasteiger partial charge in [0.2, 0.25) is 5.88 Å². The van der Waals surface area contributed by atoms with Crippen LogP contribution in [0.25, 0.3) is 11.1 Å². The van der Waals surface area contributed by atoms with Crippen LogP contribution >= 0.6 is 11.6 Å². The van der Waals surface area contributed by atoms with Crippen molar-refractivity contribution in [3.63, 3.8) is 0 Å². The Kier molecular flexibility index (Phi) is 3.42. The standard InChI is InChI=1S/C15H16ClFN2O/c1-8-3-2-4-10(8)14-13(15(18)20-19-14)11-6-5-9(17)7-12(11)16/h5-8,10H,2-4,18H2,1H3. The van der Waals surface area contributed by atoms with E-state index in [-0.39, 0.29) is 11.7 Å². The lowest BCUT2D eigenvalue weighted by molar-refractivity contribution is 0.407. The molecule has 1 aliphatic carbocycles. The average Bonchev–Trinajstić information content (AvgIpc) is 2.96. The molecule has 1 fully saturated rings. The molecule has 1 heterocycles. The van der Waals surface area contributed by atoms with Gasteiger partial charge in [-0.05, 0) is 30.5 Å². The minimum Gasteiger partial charge on any atom is -0.367 e. The first-order chi connectivity index (χ1) is 9.58. The Morgan fingerprint density at radius 2 is 2.20 bits per heavy atom. The van der Waals surface area contributed by atoms with Crippen molar-refractivity contribution in [1.29, 1.82) is 0 Å². The summed E-state index contributed by atoms with van der Waals surface area (Å²) in [7, 11) is 0. The Morgan fingerprint density at radius 3 is 2.85 bits per heavy atom. The van der Waals surface area contributed by atoms with E-state index in [1.165, 1.54) is 25.0 Å². The molecule has 5 heteroatoms. The number of nitrogen functional groups attached to an aromatic ring is 1. The summed E-state index contributed by atoms with van der Waals surface area (Å²) in [4.78, 5) is 0. The van der Waals surface area contributed by atoms with Crippen LogP contribution in [0.5, 0.6) is 0 Å². The molecule has 106 valence electrons. The molecule has 1 saturated carbocycles. The number of hydrogen-bond donors (Lipinski definition) is 1. The maximum atomic E-state index is 13.2. The van der Waals surface area contributed by atoms with Gasteiger partial charge in [0.05, 0.1) is 16.3 Å². The lowest BCUT2D eigenvalue weighted by Crippen LogP contribution is -2.04. The summed E-state index contributed by atoms with van der Waals surface area (Å²) in [6.45, 7) is 2.21. The Balaban J connectivity index is 2.11. The van der Waals surface area contributed by atoms with Crippen LogP contribution in [0.15, 0.2) is 22.7 Å². The van der Waals surface area contributed by atoms with Gasteiger partial charge in [-0.25, -0.2) is 4.39 Å². The van der Waals surface area contributed by atoms with Gasteiger partial charge in [0.1, 0.15) is 5.82 Å². The maximum absolute atomic E-state index is 13.2. The highest BCUT2D eigenvalue weighted by molar-refractivity contribution is 6.33. The third-order valence-electron chi connectivity index (χ3n) is 4.16. The molecule has 2 aromatic rings. The molecule has 0 amide bonds. The summed E-state index contributed by atoms with van der Waals surface area (Å²) in [6, 6.07) is 4.28. The number of nitrogens with zero attached hydrogens (tertiary/aromatic N) is 1. The van der Waals surface area contributed by atoms with Crippen LogP contribution < -0.4 is 5.73 Å². The van der Waals surface area contributed by atoms with Gasteiger partial charge in [0, 0.05) is 11.5 Å². The van der Waals surface area contributed by atoms with Crippen molar-refractivity contribution in [2.45, 2.75) is 32.1 Å². The number of benzene rings is 1. The predicted octanol–water partition coefficient (Wildman–Crippen LogP) is 4.62. The molecular formula is C15H16ClFN2O. The molecule has 0 radical (unpaired) electrons. The molecule has 1 aliphatic rings. The van der Waals surface area contributed by atoms with E-state index in [1.807, 2.05) is 0 Å². The van der Waals surface area contributed by atoms with Crippen LogP contribution in [0.1, 0.15) is 37.8 Å². The second kappa shape index (κ2) is 5.09. The van der Waals surface area contributed by atoms with Crippen molar-refractivity contribution < 1.29 is 8.91 Å². The molecule has 0 bridgehead atoms. The normalized spacial score (nSPS) is 22.4. The zero-order chi connectivity index (χ0) is 14.3. The molecule has 1 aromatic carbocycles. The van der Waals surface area contributed by atoms with Gasteiger partial charge in [0.25, 0.3) is 0 Å². The first-order valence-corrected chi connectivity index (χ1v) is 7.16. The zero-order valence-electron chi connectivity index (χ0n) is 11.2. The van der Waals surface area contributed by atoms with Gasteiger partial charge < -0.3 is 10.3 Å². The van der Waals surface area contributed by atoms with Crippen LogP contribution in [0.3, 0.4) is 0 Å². The number of rotatable bonds is 2. The Labute approximate surface area is 121 Å². The number of anilines is 1.